The lowest BCUT2D eigenvalue weighted by Gasteiger charge is -2.13. The van der Waals surface area contributed by atoms with Crippen molar-refractivity contribution in [3.8, 4) is 11.1 Å². The zero-order valence-electron chi connectivity index (χ0n) is 15.2. The highest BCUT2D eigenvalue weighted by atomic mass is 16.4. The molecule has 0 radical (unpaired) electrons. The number of amides is 1. The quantitative estimate of drug-likeness (QED) is 0.648. The summed E-state index contributed by atoms with van der Waals surface area (Å²) in [4.78, 5) is 23.8. The average molecular weight is 351 g/mol. The molecule has 2 N–H and O–H groups in total. The van der Waals surface area contributed by atoms with E-state index in [0.29, 0.717) is 24.8 Å². The van der Waals surface area contributed by atoms with Gasteiger partial charge in [-0.25, -0.2) is 0 Å². The number of hydrogen-bond donors (Lipinski definition) is 2. The van der Waals surface area contributed by atoms with Gasteiger partial charge in [0.2, 0.25) is 0 Å². The third-order valence-electron chi connectivity index (χ3n) is 4.42. The van der Waals surface area contributed by atoms with Crippen molar-refractivity contribution in [1.29, 1.82) is 0 Å². The first kappa shape index (κ1) is 19.4. The molecule has 1 atom stereocenters. The lowest BCUT2D eigenvalue weighted by molar-refractivity contribution is -0.141. The Balaban J connectivity index is 2.19. The Hall–Kier alpha value is -2.88. The molecule has 0 aliphatic carbocycles. The predicted octanol–water partition coefficient (Wildman–Crippen LogP) is 5.13. The maximum Gasteiger partial charge on any atom is 0.306 e. The molecule has 0 fully saturated rings. The number of carboxylic acid groups (broad SMARTS) is 1. The van der Waals surface area contributed by atoms with Crippen LogP contribution in [0.2, 0.25) is 0 Å². The number of carbonyl (C=O) groups is 2. The molecule has 0 aliphatic rings. The summed E-state index contributed by atoms with van der Waals surface area (Å²) in [5.41, 5.74) is 3.33. The molecule has 0 heterocycles. The second kappa shape index (κ2) is 9.56. The Labute approximate surface area is 154 Å². The molecule has 2 aromatic rings. The fraction of sp³-hybridized carbons (Fsp3) is 0.273. The maximum atomic E-state index is 12.7. The SMILES string of the molecule is CCC(=CCC(CC)C(=O)O)C(=O)Nc1ccccc1-c1ccccc1. The van der Waals surface area contributed by atoms with Crippen LogP contribution in [0.15, 0.2) is 66.2 Å². The second-order valence-electron chi connectivity index (χ2n) is 6.13. The zero-order chi connectivity index (χ0) is 18.9. The molecule has 0 saturated carbocycles. The highest BCUT2D eigenvalue weighted by molar-refractivity contribution is 6.05. The van der Waals surface area contributed by atoms with Crippen molar-refractivity contribution in [1.82, 2.24) is 0 Å². The molecule has 0 saturated heterocycles. The van der Waals surface area contributed by atoms with Gasteiger partial charge in [0.15, 0.2) is 0 Å². The highest BCUT2D eigenvalue weighted by Crippen LogP contribution is 2.28. The fourth-order valence-corrected chi connectivity index (χ4v) is 2.79. The number of para-hydroxylation sites is 1. The molecule has 0 bridgehead atoms. The Bertz CT molecular complexity index is 781. The van der Waals surface area contributed by atoms with Gasteiger partial charge in [-0.3, -0.25) is 9.59 Å². The Morgan fingerprint density at radius 2 is 1.69 bits per heavy atom. The number of aliphatic carboxylic acids is 1. The minimum Gasteiger partial charge on any atom is -0.481 e. The molecule has 1 amide bonds. The van der Waals surface area contributed by atoms with Crippen molar-refractivity contribution >= 4 is 17.6 Å². The molecule has 2 rings (SSSR count). The molecule has 2 aromatic carbocycles. The summed E-state index contributed by atoms with van der Waals surface area (Å²) < 4.78 is 0. The molecule has 136 valence electrons. The second-order valence-corrected chi connectivity index (χ2v) is 6.13. The number of rotatable bonds is 8. The van der Waals surface area contributed by atoms with E-state index < -0.39 is 11.9 Å². The Morgan fingerprint density at radius 1 is 1.04 bits per heavy atom. The predicted molar refractivity (Wildman–Crippen MR) is 105 cm³/mol. The van der Waals surface area contributed by atoms with Gasteiger partial charge in [0.25, 0.3) is 5.91 Å². The van der Waals surface area contributed by atoms with E-state index >= 15 is 0 Å². The molecular weight excluding hydrogens is 326 g/mol. The van der Waals surface area contributed by atoms with Gasteiger partial charge in [-0.1, -0.05) is 68.5 Å². The number of benzene rings is 2. The van der Waals surface area contributed by atoms with E-state index in [1.807, 2.05) is 68.4 Å². The van der Waals surface area contributed by atoms with Crippen LogP contribution in [0.1, 0.15) is 33.1 Å². The van der Waals surface area contributed by atoms with E-state index in [9.17, 15) is 9.59 Å². The topological polar surface area (TPSA) is 66.4 Å². The van der Waals surface area contributed by atoms with Crippen LogP contribution in [0.3, 0.4) is 0 Å². The van der Waals surface area contributed by atoms with Crippen molar-refractivity contribution in [3.05, 3.63) is 66.2 Å². The van der Waals surface area contributed by atoms with Gasteiger partial charge < -0.3 is 10.4 Å². The number of carbonyl (C=O) groups excluding carboxylic acids is 1. The number of hydrogen-bond acceptors (Lipinski definition) is 2. The number of nitrogens with one attached hydrogen (secondary N) is 1. The van der Waals surface area contributed by atoms with Crippen LogP contribution >= 0.6 is 0 Å². The van der Waals surface area contributed by atoms with Crippen LogP contribution in [-0.4, -0.2) is 17.0 Å². The summed E-state index contributed by atoms with van der Waals surface area (Å²) >= 11 is 0. The Morgan fingerprint density at radius 3 is 2.31 bits per heavy atom. The van der Waals surface area contributed by atoms with Crippen molar-refractivity contribution in [2.24, 2.45) is 5.92 Å². The lowest BCUT2D eigenvalue weighted by Crippen LogP contribution is -2.16. The van der Waals surface area contributed by atoms with E-state index in [-0.39, 0.29) is 5.91 Å². The van der Waals surface area contributed by atoms with Crippen LogP contribution in [0.4, 0.5) is 5.69 Å². The van der Waals surface area contributed by atoms with E-state index in [2.05, 4.69) is 5.32 Å². The van der Waals surface area contributed by atoms with Crippen LogP contribution in [0.5, 0.6) is 0 Å². The van der Waals surface area contributed by atoms with Crippen LogP contribution in [0, 0.1) is 5.92 Å². The summed E-state index contributed by atoms with van der Waals surface area (Å²) in [5.74, 6) is -1.47. The summed E-state index contributed by atoms with van der Waals surface area (Å²) in [6.45, 7) is 3.74. The third kappa shape index (κ3) is 5.06. The first-order chi connectivity index (χ1) is 12.6. The fourth-order valence-electron chi connectivity index (χ4n) is 2.79. The monoisotopic (exact) mass is 351 g/mol. The third-order valence-corrected chi connectivity index (χ3v) is 4.42. The molecule has 0 spiro atoms. The van der Waals surface area contributed by atoms with Gasteiger partial charge in [-0.05, 0) is 30.9 Å². The normalized spacial score (nSPS) is 12.5. The minimum atomic E-state index is -0.825. The molecule has 26 heavy (non-hydrogen) atoms. The maximum absolute atomic E-state index is 12.7. The molecule has 4 heteroatoms. The van der Waals surface area contributed by atoms with Crippen LogP contribution < -0.4 is 5.32 Å². The summed E-state index contributed by atoms with van der Waals surface area (Å²) in [5, 5.41) is 12.1. The number of allylic oxidation sites excluding steroid dienone is 1. The summed E-state index contributed by atoms with van der Waals surface area (Å²) in [6, 6.07) is 17.5. The standard InChI is InChI=1S/C22H25NO3/c1-3-16(14-15-17(4-2)22(25)26)21(24)23-20-13-9-8-12-19(20)18-10-6-5-7-11-18/h5-14,17H,3-4,15H2,1-2H3,(H,23,24)(H,25,26). The van der Waals surface area contributed by atoms with Crippen LogP contribution in [-0.2, 0) is 9.59 Å². The van der Waals surface area contributed by atoms with Crippen molar-refractivity contribution < 1.29 is 14.7 Å². The van der Waals surface area contributed by atoms with E-state index in [1.165, 1.54) is 0 Å². The smallest absolute Gasteiger partial charge is 0.306 e. The number of anilines is 1. The van der Waals surface area contributed by atoms with E-state index in [1.54, 1.807) is 6.08 Å². The van der Waals surface area contributed by atoms with Gasteiger partial charge in [-0.15, -0.1) is 0 Å². The van der Waals surface area contributed by atoms with Crippen molar-refractivity contribution in [3.63, 3.8) is 0 Å². The molecular formula is C22H25NO3. The number of carboxylic acids is 1. The highest BCUT2D eigenvalue weighted by Gasteiger charge is 2.16. The lowest BCUT2D eigenvalue weighted by atomic mass is 9.99. The van der Waals surface area contributed by atoms with E-state index in [4.69, 9.17) is 5.11 Å². The van der Waals surface area contributed by atoms with Crippen molar-refractivity contribution in [2.75, 3.05) is 5.32 Å². The summed E-state index contributed by atoms with van der Waals surface area (Å²) in [6.07, 6.45) is 3.21. The molecule has 1 unspecified atom stereocenters. The molecule has 0 aliphatic heterocycles. The van der Waals surface area contributed by atoms with Gasteiger partial charge in [-0.2, -0.15) is 0 Å². The van der Waals surface area contributed by atoms with Gasteiger partial charge >= 0.3 is 5.97 Å². The van der Waals surface area contributed by atoms with Gasteiger partial charge in [0.1, 0.15) is 0 Å². The van der Waals surface area contributed by atoms with Crippen LogP contribution in [0.25, 0.3) is 11.1 Å². The average Bonchev–Trinajstić information content (AvgIpc) is 2.66. The van der Waals surface area contributed by atoms with Crippen molar-refractivity contribution in [2.45, 2.75) is 33.1 Å². The van der Waals surface area contributed by atoms with E-state index in [0.717, 1.165) is 16.8 Å². The van der Waals surface area contributed by atoms with Gasteiger partial charge in [0.05, 0.1) is 5.92 Å². The zero-order valence-corrected chi connectivity index (χ0v) is 15.2. The first-order valence-electron chi connectivity index (χ1n) is 8.94. The Kier molecular flexibility index (Phi) is 7.15. The van der Waals surface area contributed by atoms with Gasteiger partial charge in [0, 0.05) is 16.8 Å². The minimum absolute atomic E-state index is 0.184. The molecule has 0 aromatic heterocycles. The first-order valence-corrected chi connectivity index (χ1v) is 8.94. The largest absolute Gasteiger partial charge is 0.481 e. The summed E-state index contributed by atoms with van der Waals surface area (Å²) in [7, 11) is 0. The molecule has 4 nitrogen and oxygen atoms in total.